The molecule has 4 aliphatic heterocycles. The molecule has 4 heteroatoms. The van der Waals surface area contributed by atoms with Crippen LogP contribution >= 0.6 is 0 Å². The van der Waals surface area contributed by atoms with Gasteiger partial charge in [0, 0.05) is 26.4 Å². The van der Waals surface area contributed by atoms with Gasteiger partial charge in [0.05, 0.1) is 0 Å². The van der Waals surface area contributed by atoms with E-state index in [0.717, 1.165) is 77.8 Å². The van der Waals surface area contributed by atoms with Crippen LogP contribution in [0.2, 0.25) is 0 Å². The summed E-state index contributed by atoms with van der Waals surface area (Å²) >= 11 is 0. The molecule has 4 atom stereocenters. The molecule has 4 nitrogen and oxygen atoms in total. The van der Waals surface area contributed by atoms with Crippen LogP contribution in [0, 0.1) is 0 Å². The molecular formula is C18H26O4. The average Bonchev–Trinajstić information content (AvgIpc) is 3.31. The van der Waals surface area contributed by atoms with Gasteiger partial charge in [0.25, 0.3) is 0 Å². The summed E-state index contributed by atoms with van der Waals surface area (Å²) < 4.78 is 25.8. The zero-order valence-corrected chi connectivity index (χ0v) is 13.3. The Labute approximate surface area is 132 Å². The Morgan fingerprint density at radius 3 is 1.23 bits per heavy atom. The summed E-state index contributed by atoms with van der Waals surface area (Å²) in [4.78, 5) is 0. The Bertz CT molecular complexity index is 429. The first-order valence-electron chi connectivity index (χ1n) is 9.05. The molecule has 0 radical (unpaired) electrons. The molecule has 4 heterocycles. The molecule has 5 aliphatic rings. The van der Waals surface area contributed by atoms with Gasteiger partial charge < -0.3 is 18.9 Å². The minimum absolute atomic E-state index is 0.301. The summed E-state index contributed by atoms with van der Waals surface area (Å²) in [5.74, 6) is 0. The van der Waals surface area contributed by atoms with E-state index in [1.54, 1.807) is 0 Å². The van der Waals surface area contributed by atoms with E-state index in [-0.39, 0.29) is 22.4 Å². The van der Waals surface area contributed by atoms with Crippen molar-refractivity contribution in [3.63, 3.8) is 0 Å². The smallest absolute Gasteiger partial charge is 0.133 e. The van der Waals surface area contributed by atoms with Crippen LogP contribution in [0.15, 0.2) is 12.2 Å². The highest BCUT2D eigenvalue weighted by molar-refractivity contribution is 5.38. The topological polar surface area (TPSA) is 36.9 Å². The van der Waals surface area contributed by atoms with Crippen molar-refractivity contribution in [3.8, 4) is 0 Å². The van der Waals surface area contributed by atoms with Gasteiger partial charge in [0.2, 0.25) is 0 Å². The summed E-state index contributed by atoms with van der Waals surface area (Å²) in [5.41, 5.74) is -1.31. The molecule has 4 fully saturated rings. The predicted molar refractivity (Wildman–Crippen MR) is 80.8 cm³/mol. The molecule has 1 aliphatic carbocycles. The highest BCUT2D eigenvalue weighted by atomic mass is 16.6. The Morgan fingerprint density at radius 1 is 0.500 bits per heavy atom. The van der Waals surface area contributed by atoms with Crippen molar-refractivity contribution in [2.45, 2.75) is 73.8 Å². The average molecular weight is 306 g/mol. The van der Waals surface area contributed by atoms with E-state index in [1.807, 2.05) is 0 Å². The third-order valence-electron chi connectivity index (χ3n) is 6.79. The van der Waals surface area contributed by atoms with Gasteiger partial charge in [-0.1, -0.05) is 12.2 Å². The Hall–Kier alpha value is -0.420. The number of ether oxygens (including phenoxy) is 4. The van der Waals surface area contributed by atoms with Crippen LogP contribution in [0.25, 0.3) is 0 Å². The van der Waals surface area contributed by atoms with Crippen LogP contribution in [0.5, 0.6) is 0 Å². The van der Waals surface area contributed by atoms with Crippen molar-refractivity contribution in [2.75, 3.05) is 26.4 Å². The van der Waals surface area contributed by atoms with Crippen LogP contribution in [0.3, 0.4) is 0 Å². The van der Waals surface area contributed by atoms with Crippen molar-refractivity contribution in [1.82, 2.24) is 0 Å². The molecule has 4 spiro atoms. The normalized spacial score (nSPS) is 53.8. The molecule has 0 aromatic rings. The first kappa shape index (κ1) is 14.0. The third-order valence-corrected chi connectivity index (χ3v) is 6.79. The Kier molecular flexibility index (Phi) is 2.90. The second-order valence-electron chi connectivity index (χ2n) is 7.57. The summed E-state index contributed by atoms with van der Waals surface area (Å²) in [6.07, 6.45) is 13.2. The van der Waals surface area contributed by atoms with Gasteiger partial charge >= 0.3 is 0 Å². The minimum Gasteiger partial charge on any atom is -0.368 e. The fourth-order valence-electron chi connectivity index (χ4n) is 6.03. The fraction of sp³-hybridized carbons (Fsp3) is 0.889. The van der Waals surface area contributed by atoms with Gasteiger partial charge in [-0.3, -0.25) is 0 Å². The Balaban J connectivity index is 1.73. The molecule has 5 rings (SSSR count). The molecule has 0 aromatic carbocycles. The molecule has 0 saturated carbocycles. The molecular weight excluding hydrogens is 280 g/mol. The number of rotatable bonds is 0. The summed E-state index contributed by atoms with van der Waals surface area (Å²) in [6.45, 7) is 3.30. The molecule has 22 heavy (non-hydrogen) atoms. The molecule has 4 saturated heterocycles. The molecule has 0 bridgehead atoms. The zero-order valence-electron chi connectivity index (χ0n) is 13.3. The van der Waals surface area contributed by atoms with E-state index in [1.165, 1.54) is 0 Å². The van der Waals surface area contributed by atoms with Gasteiger partial charge in [-0.25, -0.2) is 0 Å². The SMILES string of the molecule is C1=C[C@]2(CCCO2)[C@]2(CCCO2)[C@@]2(CCCO2)[C@]12CCCO2. The summed E-state index contributed by atoms with van der Waals surface area (Å²) in [6, 6.07) is 0. The quantitative estimate of drug-likeness (QED) is 0.645. The highest BCUT2D eigenvalue weighted by Gasteiger charge is 2.76. The van der Waals surface area contributed by atoms with Gasteiger partial charge in [-0.15, -0.1) is 0 Å². The maximum Gasteiger partial charge on any atom is 0.133 e. The number of hydrogen-bond acceptors (Lipinski definition) is 4. The third kappa shape index (κ3) is 1.40. The molecule has 0 N–H and O–H groups in total. The molecule has 122 valence electrons. The van der Waals surface area contributed by atoms with Crippen molar-refractivity contribution in [2.24, 2.45) is 0 Å². The minimum atomic E-state index is -0.355. The Morgan fingerprint density at radius 2 is 0.909 bits per heavy atom. The van der Waals surface area contributed by atoms with Crippen LogP contribution in [0.1, 0.15) is 51.4 Å². The number of hydrogen-bond donors (Lipinski definition) is 0. The lowest BCUT2D eigenvalue weighted by Gasteiger charge is -2.61. The number of fused-ring (bicyclic) bond motifs is 3. The maximum absolute atomic E-state index is 6.56. The predicted octanol–water partition coefficient (Wildman–Crippen LogP) is 2.75. The van der Waals surface area contributed by atoms with E-state index in [0.29, 0.717) is 0 Å². The van der Waals surface area contributed by atoms with Gasteiger partial charge in [0.1, 0.15) is 22.4 Å². The van der Waals surface area contributed by atoms with Gasteiger partial charge in [0.15, 0.2) is 0 Å². The monoisotopic (exact) mass is 306 g/mol. The van der Waals surface area contributed by atoms with Crippen molar-refractivity contribution < 1.29 is 18.9 Å². The van der Waals surface area contributed by atoms with Crippen molar-refractivity contribution >= 4 is 0 Å². The lowest BCUT2D eigenvalue weighted by Crippen LogP contribution is -2.76. The van der Waals surface area contributed by atoms with Gasteiger partial charge in [-0.05, 0) is 51.4 Å². The largest absolute Gasteiger partial charge is 0.368 e. The van der Waals surface area contributed by atoms with Crippen molar-refractivity contribution in [1.29, 1.82) is 0 Å². The molecule has 0 unspecified atom stereocenters. The standard InChI is InChI=1S/C18H26O4/c1-5-15(19-11-1)9-10-16(6-2-12-20-16)18(8-4-14-22-18)17(15)7-3-13-21-17/h9-10H,1-8,11-14H2/t15-,16+,17-,18-/m1/s1. The summed E-state index contributed by atoms with van der Waals surface area (Å²) in [5, 5.41) is 0. The van der Waals surface area contributed by atoms with Crippen molar-refractivity contribution in [3.05, 3.63) is 12.2 Å². The first-order valence-corrected chi connectivity index (χ1v) is 9.05. The van der Waals surface area contributed by atoms with E-state index >= 15 is 0 Å². The maximum atomic E-state index is 6.56. The van der Waals surface area contributed by atoms with E-state index in [4.69, 9.17) is 18.9 Å². The van der Waals surface area contributed by atoms with Crippen LogP contribution in [0.4, 0.5) is 0 Å². The second-order valence-corrected chi connectivity index (χ2v) is 7.57. The lowest BCUT2D eigenvalue weighted by molar-refractivity contribution is -0.294. The highest BCUT2D eigenvalue weighted by Crippen LogP contribution is 2.63. The second kappa shape index (κ2) is 4.56. The summed E-state index contributed by atoms with van der Waals surface area (Å²) in [7, 11) is 0. The fourth-order valence-corrected chi connectivity index (χ4v) is 6.03. The van der Waals surface area contributed by atoms with Crippen LogP contribution < -0.4 is 0 Å². The van der Waals surface area contributed by atoms with Gasteiger partial charge in [-0.2, -0.15) is 0 Å². The lowest BCUT2D eigenvalue weighted by atomic mass is 9.56. The van der Waals surface area contributed by atoms with Crippen LogP contribution in [-0.4, -0.2) is 48.8 Å². The van der Waals surface area contributed by atoms with E-state index < -0.39 is 0 Å². The zero-order chi connectivity index (χ0) is 14.7. The molecule has 0 amide bonds. The first-order chi connectivity index (χ1) is 10.8. The van der Waals surface area contributed by atoms with Crippen LogP contribution in [-0.2, 0) is 18.9 Å². The molecule has 0 aromatic heterocycles. The van der Waals surface area contributed by atoms with E-state index in [9.17, 15) is 0 Å². The van der Waals surface area contributed by atoms with E-state index in [2.05, 4.69) is 12.2 Å².